The number of likely N-dealkylation sites (N-methyl/N-ethyl adjacent to an activating group) is 1. The summed E-state index contributed by atoms with van der Waals surface area (Å²) < 4.78 is 6.50. The van der Waals surface area contributed by atoms with Crippen molar-refractivity contribution in [1.29, 1.82) is 0 Å². The quantitative estimate of drug-likeness (QED) is 0.383. The second kappa shape index (κ2) is 10.9. The van der Waals surface area contributed by atoms with Crippen molar-refractivity contribution in [2.45, 2.75) is 6.61 Å². The van der Waals surface area contributed by atoms with Crippen LogP contribution in [0.15, 0.2) is 42.5 Å². The Bertz CT molecular complexity index is 1110. The van der Waals surface area contributed by atoms with E-state index in [-0.39, 0.29) is 29.8 Å². The number of rotatable bonds is 9. The summed E-state index contributed by atoms with van der Waals surface area (Å²) in [6, 6.07) is 12.1. The topological polar surface area (TPSA) is 146 Å². The lowest BCUT2D eigenvalue weighted by molar-refractivity contribution is 0.0940. The van der Waals surface area contributed by atoms with Crippen LogP contribution in [0.3, 0.4) is 0 Å². The highest BCUT2D eigenvalue weighted by atomic mass is 16.5. The molecule has 12 nitrogen and oxygen atoms in total. The van der Waals surface area contributed by atoms with Crippen LogP contribution in [0.2, 0.25) is 0 Å². The fourth-order valence-electron chi connectivity index (χ4n) is 2.78. The largest absolute Gasteiger partial charge is 0.444 e. The molecule has 0 fully saturated rings. The molecule has 0 atom stereocenters. The lowest BCUT2D eigenvalue weighted by Gasteiger charge is -2.10. The van der Waals surface area contributed by atoms with Crippen molar-refractivity contribution in [1.82, 2.24) is 30.2 Å². The fourth-order valence-corrected chi connectivity index (χ4v) is 2.78. The summed E-state index contributed by atoms with van der Waals surface area (Å²) in [6.07, 6.45) is -0.691. The fraction of sp³-hybridized carbons (Fsp3) is 0.286. The summed E-state index contributed by atoms with van der Waals surface area (Å²) in [5, 5.41) is 18.4. The lowest BCUT2D eigenvalue weighted by Crippen LogP contribution is -2.32. The number of aromatic nitrogens is 4. The number of aryl methyl sites for hydroxylation is 1. The molecule has 0 aliphatic heterocycles. The summed E-state index contributed by atoms with van der Waals surface area (Å²) in [4.78, 5) is 38.6. The number of aromatic amines is 1. The molecule has 33 heavy (non-hydrogen) atoms. The molecular formula is C21H26N8O4. The molecule has 3 aromatic rings. The Balaban J connectivity index is 1.52. The van der Waals surface area contributed by atoms with Gasteiger partial charge in [0.15, 0.2) is 11.5 Å². The van der Waals surface area contributed by atoms with E-state index in [0.717, 1.165) is 5.56 Å². The highest BCUT2D eigenvalue weighted by molar-refractivity contribution is 6.04. The molecule has 0 saturated carbocycles. The van der Waals surface area contributed by atoms with E-state index in [1.807, 2.05) is 49.3 Å². The zero-order valence-electron chi connectivity index (χ0n) is 18.6. The molecule has 0 bridgehead atoms. The molecule has 0 aliphatic rings. The Morgan fingerprint density at radius 3 is 2.58 bits per heavy atom. The highest BCUT2D eigenvalue weighted by Gasteiger charge is 2.17. The zero-order chi connectivity index (χ0) is 23.8. The first-order valence-corrected chi connectivity index (χ1v) is 10.1. The van der Waals surface area contributed by atoms with Crippen molar-refractivity contribution >= 4 is 29.5 Å². The molecule has 0 saturated heterocycles. The van der Waals surface area contributed by atoms with E-state index in [1.54, 1.807) is 7.05 Å². The van der Waals surface area contributed by atoms with Crippen molar-refractivity contribution in [3.63, 3.8) is 0 Å². The SMILES string of the molecule is CN(C)CCNC(=O)c1cc(NC(=O)c2cc(NC(=O)OCc3ccccc3)[nH]n2)nn1C. The van der Waals surface area contributed by atoms with Crippen molar-refractivity contribution in [3.8, 4) is 0 Å². The minimum atomic E-state index is -0.691. The molecule has 3 amide bonds. The van der Waals surface area contributed by atoms with Crippen LogP contribution in [0.1, 0.15) is 26.5 Å². The molecule has 2 aromatic heterocycles. The first-order chi connectivity index (χ1) is 15.8. The zero-order valence-corrected chi connectivity index (χ0v) is 18.6. The number of nitrogens with one attached hydrogen (secondary N) is 4. The van der Waals surface area contributed by atoms with Gasteiger partial charge in [-0.15, -0.1) is 0 Å². The molecule has 1 aromatic carbocycles. The van der Waals surface area contributed by atoms with E-state index in [2.05, 4.69) is 31.2 Å². The van der Waals surface area contributed by atoms with Crippen LogP contribution in [-0.4, -0.2) is 70.0 Å². The number of hydrogen-bond acceptors (Lipinski definition) is 7. The normalized spacial score (nSPS) is 10.7. The Morgan fingerprint density at radius 2 is 1.85 bits per heavy atom. The predicted octanol–water partition coefficient (Wildman–Crippen LogP) is 1.44. The van der Waals surface area contributed by atoms with E-state index in [1.165, 1.54) is 16.8 Å². The van der Waals surface area contributed by atoms with Gasteiger partial charge < -0.3 is 20.3 Å². The number of benzene rings is 1. The second-order valence-corrected chi connectivity index (χ2v) is 7.41. The van der Waals surface area contributed by atoms with Gasteiger partial charge in [-0.25, -0.2) is 4.79 Å². The predicted molar refractivity (Wildman–Crippen MR) is 121 cm³/mol. The third-order valence-corrected chi connectivity index (χ3v) is 4.46. The number of anilines is 2. The van der Waals surface area contributed by atoms with Gasteiger partial charge in [0.25, 0.3) is 11.8 Å². The molecule has 4 N–H and O–H groups in total. The van der Waals surface area contributed by atoms with Crippen LogP contribution in [-0.2, 0) is 18.4 Å². The maximum atomic E-state index is 12.5. The second-order valence-electron chi connectivity index (χ2n) is 7.41. The van der Waals surface area contributed by atoms with E-state index in [0.29, 0.717) is 18.8 Å². The maximum Gasteiger partial charge on any atom is 0.413 e. The van der Waals surface area contributed by atoms with Gasteiger partial charge in [-0.05, 0) is 19.7 Å². The average Bonchev–Trinajstić information content (AvgIpc) is 3.39. The highest BCUT2D eigenvalue weighted by Crippen LogP contribution is 2.12. The van der Waals surface area contributed by atoms with Gasteiger partial charge in [-0.1, -0.05) is 30.3 Å². The number of carbonyl (C=O) groups is 3. The molecule has 3 rings (SSSR count). The van der Waals surface area contributed by atoms with Gasteiger partial charge in [-0.3, -0.25) is 24.7 Å². The van der Waals surface area contributed by atoms with Crippen molar-refractivity contribution in [2.75, 3.05) is 37.8 Å². The van der Waals surface area contributed by atoms with Gasteiger partial charge in [0.1, 0.15) is 18.1 Å². The van der Waals surface area contributed by atoms with Crippen molar-refractivity contribution in [3.05, 3.63) is 59.4 Å². The van der Waals surface area contributed by atoms with Crippen LogP contribution < -0.4 is 16.0 Å². The summed E-state index contributed by atoms with van der Waals surface area (Å²) in [5.41, 5.74) is 1.17. The monoisotopic (exact) mass is 454 g/mol. The van der Waals surface area contributed by atoms with Gasteiger partial charge in [0.05, 0.1) is 0 Å². The number of nitrogens with zero attached hydrogens (tertiary/aromatic N) is 4. The Labute approximate surface area is 190 Å². The third-order valence-electron chi connectivity index (χ3n) is 4.46. The number of amides is 3. The first-order valence-electron chi connectivity index (χ1n) is 10.1. The van der Waals surface area contributed by atoms with Crippen LogP contribution in [0.25, 0.3) is 0 Å². The molecule has 0 radical (unpaired) electrons. The molecule has 0 spiro atoms. The van der Waals surface area contributed by atoms with E-state index in [4.69, 9.17) is 4.74 Å². The summed E-state index contributed by atoms with van der Waals surface area (Å²) in [6.45, 7) is 1.29. The maximum absolute atomic E-state index is 12.5. The molecular weight excluding hydrogens is 428 g/mol. The minimum absolute atomic E-state index is 0.0241. The Morgan fingerprint density at radius 1 is 1.09 bits per heavy atom. The Kier molecular flexibility index (Phi) is 7.76. The van der Waals surface area contributed by atoms with Crippen LogP contribution in [0.5, 0.6) is 0 Å². The summed E-state index contributed by atoms with van der Waals surface area (Å²) in [7, 11) is 5.43. The summed E-state index contributed by atoms with van der Waals surface area (Å²) in [5.74, 6) is -0.470. The number of H-pyrrole nitrogens is 1. The van der Waals surface area contributed by atoms with Gasteiger partial charge in [-0.2, -0.15) is 10.2 Å². The van der Waals surface area contributed by atoms with Crippen LogP contribution in [0, 0.1) is 0 Å². The van der Waals surface area contributed by atoms with E-state index >= 15 is 0 Å². The number of carbonyl (C=O) groups excluding carboxylic acids is 3. The average molecular weight is 454 g/mol. The van der Waals surface area contributed by atoms with Crippen LogP contribution >= 0.6 is 0 Å². The summed E-state index contributed by atoms with van der Waals surface area (Å²) >= 11 is 0. The van der Waals surface area contributed by atoms with Crippen molar-refractivity contribution in [2.24, 2.45) is 7.05 Å². The molecule has 2 heterocycles. The Hall–Kier alpha value is -4.19. The lowest BCUT2D eigenvalue weighted by atomic mass is 10.2. The molecule has 0 unspecified atom stereocenters. The van der Waals surface area contributed by atoms with Gasteiger partial charge in [0, 0.05) is 32.3 Å². The van der Waals surface area contributed by atoms with Crippen molar-refractivity contribution < 1.29 is 19.1 Å². The smallest absolute Gasteiger partial charge is 0.413 e. The minimum Gasteiger partial charge on any atom is -0.444 e. The standard InChI is InChI=1S/C21H26N8O4/c1-28(2)10-9-22-20(31)16-12-18(27-29(16)3)23-19(30)15-11-17(26-25-15)24-21(32)33-13-14-7-5-4-6-8-14/h4-8,11-12H,9-10,13H2,1-3H3,(H,22,31)(H,23,27,30)(H2,24,25,26,32). The van der Waals surface area contributed by atoms with Gasteiger partial charge in [0.2, 0.25) is 0 Å². The molecule has 0 aliphatic carbocycles. The number of ether oxygens (including phenoxy) is 1. The third kappa shape index (κ3) is 6.90. The van der Waals surface area contributed by atoms with Crippen LogP contribution in [0.4, 0.5) is 16.4 Å². The van der Waals surface area contributed by atoms with E-state index < -0.39 is 12.0 Å². The number of hydrogen-bond donors (Lipinski definition) is 4. The first kappa shape index (κ1) is 23.5. The van der Waals surface area contributed by atoms with E-state index in [9.17, 15) is 14.4 Å². The van der Waals surface area contributed by atoms with Gasteiger partial charge >= 0.3 is 6.09 Å². The molecule has 12 heteroatoms. The molecule has 174 valence electrons.